The number of nitrogens with two attached hydrogens (primary N) is 2. The molecule has 0 spiro atoms. The number of aliphatic hydroxyl groups is 1. The molecule has 9 heteroatoms. The zero-order valence-electron chi connectivity index (χ0n) is 13.4. The standard InChI is InChI=1S/C11H8ClN5O.C5H10O2/c12-7-4-15-11(14)16-9(7)5-1-2-6-8(3-5)18-17-10(6)13;6-5-2-1-3-7-4-5/h1-4H,(H2,13,17)(H2,14,15,16);5-6H,1-4H2. The molecular weight excluding hydrogens is 346 g/mol. The van der Waals surface area contributed by atoms with Crippen LogP contribution >= 0.6 is 11.6 Å². The molecule has 8 nitrogen and oxygen atoms in total. The van der Waals surface area contributed by atoms with Gasteiger partial charge in [-0.2, -0.15) is 0 Å². The summed E-state index contributed by atoms with van der Waals surface area (Å²) in [4.78, 5) is 7.91. The van der Waals surface area contributed by atoms with Crippen LogP contribution < -0.4 is 11.5 Å². The molecule has 3 aromatic rings. The molecule has 1 aliphatic heterocycles. The molecule has 4 rings (SSSR count). The predicted molar refractivity (Wildman–Crippen MR) is 94.9 cm³/mol. The lowest BCUT2D eigenvalue weighted by Crippen LogP contribution is -2.21. The minimum absolute atomic E-state index is 0.159. The minimum Gasteiger partial charge on any atom is -0.391 e. The molecule has 132 valence electrons. The number of hydrogen-bond acceptors (Lipinski definition) is 8. The largest absolute Gasteiger partial charge is 0.391 e. The lowest BCUT2D eigenvalue weighted by atomic mass is 10.1. The number of nitrogens with zero attached hydrogens (tertiary/aromatic N) is 3. The van der Waals surface area contributed by atoms with E-state index in [2.05, 4.69) is 15.1 Å². The van der Waals surface area contributed by atoms with E-state index in [0.717, 1.165) is 30.4 Å². The van der Waals surface area contributed by atoms with E-state index in [-0.39, 0.29) is 12.1 Å². The number of anilines is 2. The molecular formula is C16H18ClN5O3. The van der Waals surface area contributed by atoms with Crippen molar-refractivity contribution in [2.24, 2.45) is 0 Å². The Morgan fingerprint density at radius 3 is 2.80 bits per heavy atom. The summed E-state index contributed by atoms with van der Waals surface area (Å²) in [6.45, 7) is 1.37. The van der Waals surface area contributed by atoms with Crippen molar-refractivity contribution in [3.63, 3.8) is 0 Å². The summed E-state index contributed by atoms with van der Waals surface area (Å²) in [7, 11) is 0. The average molecular weight is 364 g/mol. The van der Waals surface area contributed by atoms with Crippen molar-refractivity contribution >= 4 is 34.3 Å². The van der Waals surface area contributed by atoms with Gasteiger partial charge in [0.25, 0.3) is 0 Å². The Morgan fingerprint density at radius 1 is 1.28 bits per heavy atom. The predicted octanol–water partition coefficient (Wildman–Crippen LogP) is 2.26. The molecule has 1 aromatic carbocycles. The maximum Gasteiger partial charge on any atom is 0.220 e. The first-order valence-corrected chi connectivity index (χ1v) is 8.11. The highest BCUT2D eigenvalue weighted by Crippen LogP contribution is 2.30. The maximum absolute atomic E-state index is 8.78. The lowest BCUT2D eigenvalue weighted by molar-refractivity contribution is -0.00535. The van der Waals surface area contributed by atoms with Crippen molar-refractivity contribution in [2.45, 2.75) is 18.9 Å². The van der Waals surface area contributed by atoms with Crippen molar-refractivity contribution in [3.8, 4) is 11.3 Å². The molecule has 3 heterocycles. The Kier molecular flexibility index (Phi) is 5.32. The van der Waals surface area contributed by atoms with Gasteiger partial charge in [0, 0.05) is 12.2 Å². The molecule has 1 atom stereocenters. The highest BCUT2D eigenvalue weighted by atomic mass is 35.5. The second-order valence-electron chi connectivity index (χ2n) is 5.57. The fraction of sp³-hybridized carbons (Fsp3) is 0.312. The zero-order valence-corrected chi connectivity index (χ0v) is 14.1. The molecule has 0 bridgehead atoms. The molecule has 0 aliphatic carbocycles. The van der Waals surface area contributed by atoms with Crippen LogP contribution in [-0.2, 0) is 4.74 Å². The number of halogens is 1. The van der Waals surface area contributed by atoms with E-state index in [0.29, 0.717) is 28.7 Å². The number of ether oxygens (including phenoxy) is 1. The van der Waals surface area contributed by atoms with Crippen LogP contribution in [0.25, 0.3) is 22.2 Å². The average Bonchev–Trinajstić information content (AvgIpc) is 2.99. The first kappa shape index (κ1) is 17.4. The van der Waals surface area contributed by atoms with Gasteiger partial charge in [0.1, 0.15) is 0 Å². The van der Waals surface area contributed by atoms with Gasteiger partial charge in [0.15, 0.2) is 11.4 Å². The van der Waals surface area contributed by atoms with Crippen molar-refractivity contribution in [2.75, 3.05) is 24.7 Å². The molecule has 0 amide bonds. The molecule has 25 heavy (non-hydrogen) atoms. The summed E-state index contributed by atoms with van der Waals surface area (Å²) >= 11 is 6.04. The van der Waals surface area contributed by atoms with Crippen LogP contribution in [0.5, 0.6) is 0 Å². The number of nitrogen functional groups attached to an aromatic ring is 2. The van der Waals surface area contributed by atoms with Gasteiger partial charge in [-0.1, -0.05) is 22.8 Å². The Labute approximate surface area is 148 Å². The molecule has 5 N–H and O–H groups in total. The Hall–Kier alpha value is -2.42. The van der Waals surface area contributed by atoms with E-state index in [9.17, 15) is 0 Å². The molecule has 2 aromatic heterocycles. The van der Waals surface area contributed by atoms with Crippen LogP contribution in [0.2, 0.25) is 5.02 Å². The monoisotopic (exact) mass is 363 g/mol. The van der Waals surface area contributed by atoms with Crippen molar-refractivity contribution in [1.82, 2.24) is 15.1 Å². The van der Waals surface area contributed by atoms with Crippen LogP contribution in [0.4, 0.5) is 11.8 Å². The minimum atomic E-state index is -0.186. The van der Waals surface area contributed by atoms with E-state index in [1.807, 2.05) is 6.07 Å². The van der Waals surface area contributed by atoms with Crippen LogP contribution in [0, 0.1) is 0 Å². The number of rotatable bonds is 1. The SMILES string of the molecule is Nc1ncc(Cl)c(-c2ccc3c(N)noc3c2)n1.OC1CCCOC1. The van der Waals surface area contributed by atoms with Crippen LogP contribution in [-0.4, -0.2) is 39.5 Å². The van der Waals surface area contributed by atoms with Crippen molar-refractivity contribution in [1.29, 1.82) is 0 Å². The quantitative estimate of drug-likeness (QED) is 0.599. The van der Waals surface area contributed by atoms with Crippen LogP contribution in [0.3, 0.4) is 0 Å². The van der Waals surface area contributed by atoms with Gasteiger partial charge in [-0.15, -0.1) is 0 Å². The fourth-order valence-electron chi connectivity index (χ4n) is 2.41. The van der Waals surface area contributed by atoms with Gasteiger partial charge in [-0.3, -0.25) is 0 Å². The van der Waals surface area contributed by atoms with Crippen molar-refractivity contribution < 1.29 is 14.4 Å². The Morgan fingerprint density at radius 2 is 2.12 bits per heavy atom. The van der Waals surface area contributed by atoms with Crippen molar-refractivity contribution in [3.05, 3.63) is 29.4 Å². The molecule has 1 aliphatic rings. The summed E-state index contributed by atoms with van der Waals surface area (Å²) < 4.78 is 10.0. The summed E-state index contributed by atoms with van der Waals surface area (Å²) in [5, 5.41) is 13.6. The second kappa shape index (κ2) is 7.64. The van der Waals surface area contributed by atoms with Gasteiger partial charge >= 0.3 is 0 Å². The molecule has 1 saturated heterocycles. The van der Waals surface area contributed by atoms with Crippen LogP contribution in [0.15, 0.2) is 28.9 Å². The summed E-state index contributed by atoms with van der Waals surface area (Å²) in [5.74, 6) is 0.511. The molecule has 0 radical (unpaired) electrons. The first-order chi connectivity index (χ1) is 12.0. The van der Waals surface area contributed by atoms with Gasteiger partial charge in [0.05, 0.1) is 35.0 Å². The van der Waals surface area contributed by atoms with Crippen LogP contribution in [0.1, 0.15) is 12.8 Å². The fourth-order valence-corrected chi connectivity index (χ4v) is 2.61. The van der Waals surface area contributed by atoms with Gasteiger partial charge in [0.2, 0.25) is 5.95 Å². The summed E-state index contributed by atoms with van der Waals surface area (Å²) in [6.07, 6.45) is 3.20. The van der Waals surface area contributed by atoms with E-state index >= 15 is 0 Å². The number of aliphatic hydroxyl groups excluding tert-OH is 1. The van der Waals surface area contributed by atoms with Gasteiger partial charge in [-0.25, -0.2) is 9.97 Å². The molecule has 1 fully saturated rings. The highest BCUT2D eigenvalue weighted by Gasteiger charge is 2.11. The summed E-state index contributed by atoms with van der Waals surface area (Å²) in [5.41, 5.74) is 13.1. The maximum atomic E-state index is 8.78. The highest BCUT2D eigenvalue weighted by molar-refractivity contribution is 6.33. The lowest BCUT2D eigenvalue weighted by Gasteiger charge is -2.15. The third-order valence-electron chi connectivity index (χ3n) is 3.67. The Balaban J connectivity index is 0.000000219. The second-order valence-corrected chi connectivity index (χ2v) is 5.98. The smallest absolute Gasteiger partial charge is 0.220 e. The number of fused-ring (bicyclic) bond motifs is 1. The number of benzene rings is 1. The van der Waals surface area contributed by atoms with E-state index in [1.165, 1.54) is 6.20 Å². The topological polar surface area (TPSA) is 133 Å². The normalized spacial score (nSPS) is 17.1. The zero-order chi connectivity index (χ0) is 17.8. The third kappa shape index (κ3) is 4.16. The first-order valence-electron chi connectivity index (χ1n) is 7.73. The molecule has 1 unspecified atom stereocenters. The van der Waals surface area contributed by atoms with E-state index < -0.39 is 0 Å². The number of hydrogen-bond donors (Lipinski definition) is 3. The molecule has 0 saturated carbocycles. The van der Waals surface area contributed by atoms with E-state index in [1.54, 1.807) is 12.1 Å². The summed E-state index contributed by atoms with van der Waals surface area (Å²) in [6, 6.07) is 5.38. The van der Waals surface area contributed by atoms with E-state index in [4.69, 9.17) is 37.4 Å². The third-order valence-corrected chi connectivity index (χ3v) is 3.95. The van der Waals surface area contributed by atoms with Gasteiger partial charge < -0.3 is 25.8 Å². The van der Waals surface area contributed by atoms with Gasteiger partial charge in [-0.05, 0) is 25.0 Å². The Bertz CT molecular complexity index is 864. The number of aromatic nitrogens is 3.